The Morgan fingerprint density at radius 3 is 2.91 bits per heavy atom. The van der Waals surface area contributed by atoms with Crippen LogP contribution >= 0.6 is 7.82 Å². The first-order chi connectivity index (χ1) is 10.5. The SMILES string of the molecule is O=P(O)(O)On1cc(-c2ncnc3[nH]ccc23)c(C2CC2)n1. The van der Waals surface area contributed by atoms with E-state index < -0.39 is 7.82 Å². The number of hydrogen-bond acceptors (Lipinski definition) is 5. The lowest BCUT2D eigenvalue weighted by molar-refractivity contribution is 0.154. The molecular formula is C12H12N5O4P. The van der Waals surface area contributed by atoms with Gasteiger partial charge in [-0.3, -0.25) is 14.4 Å². The highest BCUT2D eigenvalue weighted by atomic mass is 31.2. The van der Waals surface area contributed by atoms with Crippen molar-refractivity contribution in [1.82, 2.24) is 24.9 Å². The van der Waals surface area contributed by atoms with Crippen molar-refractivity contribution in [3.63, 3.8) is 0 Å². The predicted octanol–water partition coefficient (Wildman–Crippen LogP) is 1.22. The molecule has 0 aliphatic heterocycles. The Bertz CT molecular complexity index is 894. The minimum Gasteiger partial charge on any atom is -0.346 e. The van der Waals surface area contributed by atoms with E-state index in [1.165, 1.54) is 12.5 Å². The third-order valence-electron chi connectivity index (χ3n) is 3.48. The molecule has 114 valence electrons. The van der Waals surface area contributed by atoms with Gasteiger partial charge < -0.3 is 4.98 Å². The topological polar surface area (TPSA) is 126 Å². The lowest BCUT2D eigenvalue weighted by Crippen LogP contribution is -2.08. The summed E-state index contributed by atoms with van der Waals surface area (Å²) in [5.74, 6) is 0.264. The van der Waals surface area contributed by atoms with Gasteiger partial charge in [-0.2, -0.15) is 0 Å². The summed E-state index contributed by atoms with van der Waals surface area (Å²) in [5, 5.41) is 4.98. The number of rotatable bonds is 4. The third kappa shape index (κ3) is 2.39. The molecule has 0 bridgehead atoms. The lowest BCUT2D eigenvalue weighted by Gasteiger charge is -2.03. The number of nitrogens with zero attached hydrogens (tertiary/aromatic N) is 4. The van der Waals surface area contributed by atoms with Gasteiger partial charge in [0.15, 0.2) is 0 Å². The molecule has 3 N–H and O–H groups in total. The van der Waals surface area contributed by atoms with Gasteiger partial charge in [-0.15, -0.1) is 5.10 Å². The first kappa shape index (κ1) is 13.4. The molecule has 9 nitrogen and oxygen atoms in total. The molecule has 3 aromatic heterocycles. The van der Waals surface area contributed by atoms with Gasteiger partial charge in [0.25, 0.3) is 0 Å². The van der Waals surface area contributed by atoms with E-state index in [0.717, 1.165) is 28.8 Å². The maximum atomic E-state index is 11.0. The lowest BCUT2D eigenvalue weighted by atomic mass is 10.1. The summed E-state index contributed by atoms with van der Waals surface area (Å²) in [6.45, 7) is 0. The predicted molar refractivity (Wildman–Crippen MR) is 75.7 cm³/mol. The number of fused-ring (bicyclic) bond motifs is 1. The quantitative estimate of drug-likeness (QED) is 0.617. The van der Waals surface area contributed by atoms with Crippen molar-refractivity contribution in [2.75, 3.05) is 0 Å². The smallest absolute Gasteiger partial charge is 0.346 e. The Kier molecular flexibility index (Phi) is 2.83. The van der Waals surface area contributed by atoms with Crippen molar-refractivity contribution in [3.8, 4) is 11.3 Å². The molecule has 0 amide bonds. The Hall–Kier alpha value is -2.22. The van der Waals surface area contributed by atoms with E-state index in [-0.39, 0.29) is 5.92 Å². The molecule has 1 saturated carbocycles. The van der Waals surface area contributed by atoms with Crippen LogP contribution in [0.2, 0.25) is 0 Å². The second-order valence-electron chi connectivity index (χ2n) is 5.14. The van der Waals surface area contributed by atoms with Gasteiger partial charge in [-0.05, 0) is 18.9 Å². The van der Waals surface area contributed by atoms with Crippen LogP contribution in [0.1, 0.15) is 24.5 Å². The van der Waals surface area contributed by atoms with E-state index in [4.69, 9.17) is 9.79 Å². The van der Waals surface area contributed by atoms with Crippen molar-refractivity contribution in [2.45, 2.75) is 18.8 Å². The van der Waals surface area contributed by atoms with Crippen molar-refractivity contribution >= 4 is 18.9 Å². The second-order valence-corrected chi connectivity index (χ2v) is 6.28. The molecule has 3 heterocycles. The fourth-order valence-corrected chi connectivity index (χ4v) is 2.75. The van der Waals surface area contributed by atoms with Gasteiger partial charge in [0, 0.05) is 23.1 Å². The molecule has 1 aliphatic rings. The van der Waals surface area contributed by atoms with Crippen molar-refractivity contribution in [2.24, 2.45) is 0 Å². The van der Waals surface area contributed by atoms with Gasteiger partial charge >= 0.3 is 7.82 Å². The minimum atomic E-state index is -4.67. The van der Waals surface area contributed by atoms with E-state index in [1.807, 2.05) is 6.07 Å². The van der Waals surface area contributed by atoms with Gasteiger partial charge in [-0.1, -0.05) is 4.85 Å². The monoisotopic (exact) mass is 321 g/mol. The Morgan fingerprint density at radius 1 is 1.36 bits per heavy atom. The summed E-state index contributed by atoms with van der Waals surface area (Å²) < 4.78 is 15.5. The Balaban J connectivity index is 1.86. The zero-order valence-electron chi connectivity index (χ0n) is 11.2. The van der Waals surface area contributed by atoms with E-state index in [0.29, 0.717) is 16.9 Å². The molecule has 3 aromatic rings. The summed E-state index contributed by atoms with van der Waals surface area (Å²) in [4.78, 5) is 30.1. The molecule has 4 rings (SSSR count). The van der Waals surface area contributed by atoms with Crippen LogP contribution in [0.4, 0.5) is 0 Å². The molecule has 1 aliphatic carbocycles. The largest absolute Gasteiger partial charge is 0.545 e. The highest BCUT2D eigenvalue weighted by Gasteiger charge is 2.32. The molecule has 0 atom stereocenters. The Labute approximate surface area is 124 Å². The van der Waals surface area contributed by atoms with Gasteiger partial charge in [-0.25, -0.2) is 14.5 Å². The summed E-state index contributed by atoms with van der Waals surface area (Å²) in [6, 6.07) is 1.85. The number of H-pyrrole nitrogens is 1. The van der Waals surface area contributed by atoms with Crippen LogP contribution in [-0.4, -0.2) is 34.7 Å². The highest BCUT2D eigenvalue weighted by molar-refractivity contribution is 7.46. The maximum Gasteiger partial charge on any atom is 0.545 e. The summed E-state index contributed by atoms with van der Waals surface area (Å²) in [7, 11) is -4.67. The van der Waals surface area contributed by atoms with Crippen LogP contribution in [0.25, 0.3) is 22.3 Å². The summed E-state index contributed by atoms with van der Waals surface area (Å²) in [5.41, 5.74) is 2.78. The molecule has 0 spiro atoms. The van der Waals surface area contributed by atoms with Crippen molar-refractivity contribution in [3.05, 3.63) is 30.5 Å². The number of hydrogen-bond donors (Lipinski definition) is 3. The number of phosphoric acid groups is 1. The zero-order chi connectivity index (χ0) is 15.3. The van der Waals surface area contributed by atoms with Crippen LogP contribution < -0.4 is 4.62 Å². The first-order valence-corrected chi connectivity index (χ1v) is 8.18. The van der Waals surface area contributed by atoms with Crippen LogP contribution in [0.5, 0.6) is 0 Å². The molecule has 0 saturated heterocycles. The maximum absolute atomic E-state index is 11.0. The number of aromatic amines is 1. The van der Waals surface area contributed by atoms with E-state index in [1.54, 1.807) is 6.20 Å². The third-order valence-corrected chi connectivity index (χ3v) is 3.86. The van der Waals surface area contributed by atoms with E-state index >= 15 is 0 Å². The number of nitrogens with one attached hydrogen (secondary N) is 1. The average Bonchev–Trinajstić information content (AvgIpc) is 3.03. The summed E-state index contributed by atoms with van der Waals surface area (Å²) in [6.07, 6.45) is 6.62. The standard InChI is InChI=1S/C12H12N5O4P/c18-22(19,20)21-17-5-9(10(16-17)7-1-2-7)11-8-3-4-13-12(8)15-6-14-11/h3-7H,1-2H2,(H,13,14,15)(H2,18,19,20). The first-order valence-electron chi connectivity index (χ1n) is 6.65. The van der Waals surface area contributed by atoms with Gasteiger partial charge in [0.2, 0.25) is 0 Å². The Morgan fingerprint density at radius 2 is 2.18 bits per heavy atom. The van der Waals surface area contributed by atoms with E-state index in [9.17, 15) is 4.57 Å². The number of aromatic nitrogens is 5. The fraction of sp³-hybridized carbons (Fsp3) is 0.250. The summed E-state index contributed by atoms with van der Waals surface area (Å²) >= 11 is 0. The fourth-order valence-electron chi connectivity index (χ4n) is 2.44. The highest BCUT2D eigenvalue weighted by Crippen LogP contribution is 2.44. The molecular weight excluding hydrogens is 309 g/mol. The van der Waals surface area contributed by atoms with Crippen LogP contribution in [0.3, 0.4) is 0 Å². The van der Waals surface area contributed by atoms with E-state index in [2.05, 4.69) is 24.7 Å². The zero-order valence-corrected chi connectivity index (χ0v) is 12.1. The van der Waals surface area contributed by atoms with Gasteiger partial charge in [0.05, 0.1) is 17.6 Å². The molecule has 0 radical (unpaired) electrons. The van der Waals surface area contributed by atoms with Crippen LogP contribution in [-0.2, 0) is 4.57 Å². The molecule has 22 heavy (non-hydrogen) atoms. The average molecular weight is 321 g/mol. The normalized spacial score (nSPS) is 15.4. The molecule has 0 unspecified atom stereocenters. The molecule has 1 fully saturated rings. The minimum absolute atomic E-state index is 0.264. The van der Waals surface area contributed by atoms with Crippen molar-refractivity contribution in [1.29, 1.82) is 0 Å². The van der Waals surface area contributed by atoms with Crippen LogP contribution in [0.15, 0.2) is 24.8 Å². The van der Waals surface area contributed by atoms with Crippen LogP contribution in [0, 0.1) is 0 Å². The molecule has 10 heteroatoms. The van der Waals surface area contributed by atoms with Crippen molar-refractivity contribution < 1.29 is 19.0 Å². The second kappa shape index (κ2) is 4.64. The van der Waals surface area contributed by atoms with Gasteiger partial charge in [0.1, 0.15) is 12.0 Å². The molecule has 0 aromatic carbocycles.